The molecule has 0 heterocycles. The van der Waals surface area contributed by atoms with Crippen LogP contribution >= 0.6 is 0 Å². The summed E-state index contributed by atoms with van der Waals surface area (Å²) in [4.78, 5) is 23.4. The van der Waals surface area contributed by atoms with Gasteiger partial charge in [-0.1, -0.05) is 26.0 Å². The second kappa shape index (κ2) is 8.79. The molecule has 1 atom stereocenters. The first-order valence-corrected chi connectivity index (χ1v) is 6.08. The van der Waals surface area contributed by atoms with E-state index in [1.54, 1.807) is 13.8 Å². The summed E-state index contributed by atoms with van der Waals surface area (Å²) >= 11 is 0. The van der Waals surface area contributed by atoms with Gasteiger partial charge in [-0.3, -0.25) is 9.59 Å². The lowest BCUT2D eigenvalue weighted by Gasteiger charge is -2.18. The summed E-state index contributed by atoms with van der Waals surface area (Å²) in [5, 5.41) is 0. The minimum absolute atomic E-state index is 0.215. The molecule has 1 unspecified atom stereocenters. The van der Waals surface area contributed by atoms with Crippen molar-refractivity contribution in [1.29, 1.82) is 0 Å². The van der Waals surface area contributed by atoms with E-state index in [0.29, 0.717) is 0 Å². The predicted octanol–water partition coefficient (Wildman–Crippen LogP) is 2.33. The van der Waals surface area contributed by atoms with Crippen molar-refractivity contribution in [2.45, 2.75) is 34.1 Å². The number of rotatable bonds is 7. The largest absolute Gasteiger partial charge is 0.465 e. The molecule has 98 valence electrons. The molecule has 0 spiro atoms. The Hall–Kier alpha value is -1.32. The van der Waals surface area contributed by atoms with E-state index >= 15 is 0 Å². The van der Waals surface area contributed by atoms with E-state index in [0.717, 1.165) is 6.42 Å². The lowest BCUT2D eigenvalue weighted by molar-refractivity contribution is -0.163. The minimum Gasteiger partial charge on any atom is -0.465 e. The first kappa shape index (κ1) is 15.7. The zero-order valence-electron chi connectivity index (χ0n) is 11.1. The summed E-state index contributed by atoms with van der Waals surface area (Å²) in [6.45, 7) is 7.76. The molecule has 4 nitrogen and oxygen atoms in total. The molecule has 0 saturated carbocycles. The SMILES string of the molecule is CC/C=C/C(C)C(C(=O)OCC)C(=O)OCC. The summed E-state index contributed by atoms with van der Waals surface area (Å²) in [6, 6.07) is 0. The third-order valence-electron chi connectivity index (χ3n) is 2.28. The Balaban J connectivity index is 4.76. The first-order chi connectivity index (χ1) is 8.08. The van der Waals surface area contributed by atoms with E-state index in [-0.39, 0.29) is 19.1 Å². The summed E-state index contributed by atoms with van der Waals surface area (Å²) in [5.74, 6) is -2.11. The molecule has 0 aliphatic carbocycles. The van der Waals surface area contributed by atoms with Crippen LogP contribution in [-0.4, -0.2) is 25.2 Å². The maximum atomic E-state index is 11.7. The summed E-state index contributed by atoms with van der Waals surface area (Å²) < 4.78 is 9.80. The summed E-state index contributed by atoms with van der Waals surface area (Å²) in [7, 11) is 0. The zero-order valence-corrected chi connectivity index (χ0v) is 11.1. The van der Waals surface area contributed by atoms with Gasteiger partial charge in [0, 0.05) is 0 Å². The van der Waals surface area contributed by atoms with Crippen LogP contribution in [0.5, 0.6) is 0 Å². The Kier molecular flexibility index (Phi) is 8.11. The van der Waals surface area contributed by atoms with Crippen LogP contribution < -0.4 is 0 Å². The van der Waals surface area contributed by atoms with Gasteiger partial charge < -0.3 is 9.47 Å². The number of hydrogen-bond acceptors (Lipinski definition) is 4. The highest BCUT2D eigenvalue weighted by atomic mass is 16.6. The average Bonchev–Trinajstić information content (AvgIpc) is 2.27. The normalized spacial score (nSPS) is 12.8. The highest BCUT2D eigenvalue weighted by Gasteiger charge is 2.33. The summed E-state index contributed by atoms with van der Waals surface area (Å²) in [6.07, 6.45) is 4.64. The van der Waals surface area contributed by atoms with E-state index in [9.17, 15) is 9.59 Å². The molecule has 4 heteroatoms. The van der Waals surface area contributed by atoms with Gasteiger partial charge in [0.1, 0.15) is 0 Å². The number of allylic oxidation sites excluding steroid dienone is 2. The van der Waals surface area contributed by atoms with E-state index in [1.807, 2.05) is 26.0 Å². The number of carbonyl (C=O) groups excluding carboxylic acids is 2. The van der Waals surface area contributed by atoms with Crippen molar-refractivity contribution >= 4 is 11.9 Å². The molecule has 0 aromatic rings. The Morgan fingerprint density at radius 3 is 1.88 bits per heavy atom. The molecular weight excluding hydrogens is 220 g/mol. The van der Waals surface area contributed by atoms with Crippen LogP contribution in [-0.2, 0) is 19.1 Å². The minimum atomic E-state index is -0.863. The van der Waals surface area contributed by atoms with Gasteiger partial charge in [0.05, 0.1) is 13.2 Å². The summed E-state index contributed by atoms with van der Waals surface area (Å²) in [5.41, 5.74) is 0. The predicted molar refractivity (Wildman–Crippen MR) is 65.4 cm³/mol. The molecule has 0 aromatic carbocycles. The Labute approximate surface area is 103 Å². The van der Waals surface area contributed by atoms with Crippen molar-refractivity contribution in [2.75, 3.05) is 13.2 Å². The molecule has 0 radical (unpaired) electrons. The van der Waals surface area contributed by atoms with Gasteiger partial charge in [-0.25, -0.2) is 0 Å². The van der Waals surface area contributed by atoms with Crippen LogP contribution in [0.25, 0.3) is 0 Å². The van der Waals surface area contributed by atoms with E-state index in [1.165, 1.54) is 0 Å². The fraction of sp³-hybridized carbons (Fsp3) is 0.692. The second-order valence-corrected chi connectivity index (χ2v) is 3.68. The fourth-order valence-corrected chi connectivity index (χ4v) is 1.45. The van der Waals surface area contributed by atoms with Gasteiger partial charge in [-0.15, -0.1) is 0 Å². The molecule has 0 bridgehead atoms. The maximum absolute atomic E-state index is 11.7. The van der Waals surface area contributed by atoms with Crippen LogP contribution in [0.2, 0.25) is 0 Å². The first-order valence-electron chi connectivity index (χ1n) is 6.08. The van der Waals surface area contributed by atoms with E-state index in [2.05, 4.69) is 0 Å². The average molecular weight is 242 g/mol. The maximum Gasteiger partial charge on any atom is 0.320 e. The van der Waals surface area contributed by atoms with Crippen molar-refractivity contribution in [3.05, 3.63) is 12.2 Å². The monoisotopic (exact) mass is 242 g/mol. The topological polar surface area (TPSA) is 52.6 Å². The van der Waals surface area contributed by atoms with Gasteiger partial charge in [0.25, 0.3) is 0 Å². The third-order valence-corrected chi connectivity index (χ3v) is 2.28. The number of esters is 2. The van der Waals surface area contributed by atoms with Gasteiger partial charge in [-0.05, 0) is 26.2 Å². The molecule has 0 aliphatic rings. The van der Waals surface area contributed by atoms with Crippen molar-refractivity contribution < 1.29 is 19.1 Å². The molecule has 0 saturated heterocycles. The van der Waals surface area contributed by atoms with Crippen LogP contribution in [0.3, 0.4) is 0 Å². The Morgan fingerprint density at radius 1 is 1.06 bits per heavy atom. The van der Waals surface area contributed by atoms with E-state index < -0.39 is 17.9 Å². The standard InChI is InChI=1S/C13H22O4/c1-5-8-9-10(4)11(12(14)16-6-2)13(15)17-7-3/h8-11H,5-7H2,1-4H3/b9-8+. The van der Waals surface area contributed by atoms with Crippen LogP contribution in [0.1, 0.15) is 34.1 Å². The van der Waals surface area contributed by atoms with Crippen LogP contribution in [0.15, 0.2) is 12.2 Å². The molecule has 0 aliphatic heterocycles. The molecule has 17 heavy (non-hydrogen) atoms. The molecule has 0 amide bonds. The van der Waals surface area contributed by atoms with Gasteiger partial charge in [0.15, 0.2) is 5.92 Å². The van der Waals surface area contributed by atoms with Crippen molar-refractivity contribution in [2.24, 2.45) is 11.8 Å². The zero-order chi connectivity index (χ0) is 13.3. The Morgan fingerprint density at radius 2 is 1.53 bits per heavy atom. The quantitative estimate of drug-likeness (QED) is 0.390. The molecule has 0 fully saturated rings. The molecular formula is C13H22O4. The molecule has 0 N–H and O–H groups in total. The van der Waals surface area contributed by atoms with Crippen LogP contribution in [0, 0.1) is 11.8 Å². The third kappa shape index (κ3) is 5.52. The van der Waals surface area contributed by atoms with Gasteiger partial charge in [-0.2, -0.15) is 0 Å². The van der Waals surface area contributed by atoms with Crippen molar-refractivity contribution in [1.82, 2.24) is 0 Å². The molecule has 0 rings (SSSR count). The number of ether oxygens (including phenoxy) is 2. The Bertz CT molecular complexity index is 253. The molecule has 0 aromatic heterocycles. The van der Waals surface area contributed by atoms with Gasteiger partial charge >= 0.3 is 11.9 Å². The number of hydrogen-bond donors (Lipinski definition) is 0. The lowest BCUT2D eigenvalue weighted by Crippen LogP contribution is -2.32. The number of carbonyl (C=O) groups is 2. The van der Waals surface area contributed by atoms with Crippen molar-refractivity contribution in [3.8, 4) is 0 Å². The smallest absolute Gasteiger partial charge is 0.320 e. The second-order valence-electron chi connectivity index (χ2n) is 3.68. The highest BCUT2D eigenvalue weighted by Crippen LogP contribution is 2.17. The van der Waals surface area contributed by atoms with E-state index in [4.69, 9.17) is 9.47 Å². The van der Waals surface area contributed by atoms with Crippen molar-refractivity contribution in [3.63, 3.8) is 0 Å². The lowest BCUT2D eigenvalue weighted by atomic mass is 9.93. The van der Waals surface area contributed by atoms with Crippen LogP contribution in [0.4, 0.5) is 0 Å². The highest BCUT2D eigenvalue weighted by molar-refractivity contribution is 5.95. The van der Waals surface area contributed by atoms with Gasteiger partial charge in [0.2, 0.25) is 0 Å². The fourth-order valence-electron chi connectivity index (χ4n) is 1.45.